The molecule has 178 valence electrons. The van der Waals surface area contributed by atoms with Gasteiger partial charge >= 0.3 is 0 Å². The van der Waals surface area contributed by atoms with Crippen LogP contribution in [0.1, 0.15) is 41.8 Å². The van der Waals surface area contributed by atoms with Gasteiger partial charge in [-0.3, -0.25) is 9.63 Å². The third-order valence-corrected chi connectivity index (χ3v) is 5.92. The lowest BCUT2D eigenvalue weighted by molar-refractivity contribution is -0.151. The predicted molar refractivity (Wildman–Crippen MR) is 134 cm³/mol. The normalized spacial score (nSPS) is 12.7. The van der Waals surface area contributed by atoms with E-state index in [1.165, 1.54) is 5.06 Å². The Hall–Kier alpha value is -2.73. The van der Waals surface area contributed by atoms with E-state index in [-0.39, 0.29) is 12.0 Å². The highest BCUT2D eigenvalue weighted by Gasteiger charge is 2.19. The van der Waals surface area contributed by atoms with Crippen molar-refractivity contribution in [2.45, 2.75) is 39.2 Å². The molecule has 0 spiro atoms. The molecular weight excluding hydrogens is 473 g/mol. The Balaban J connectivity index is 1.44. The molecule has 0 atom stereocenters. The van der Waals surface area contributed by atoms with E-state index in [1.807, 2.05) is 50.2 Å². The first-order valence-corrected chi connectivity index (χ1v) is 12.1. The first-order chi connectivity index (χ1) is 16.4. The summed E-state index contributed by atoms with van der Waals surface area (Å²) in [6, 6.07) is 18.2. The third-order valence-electron chi connectivity index (χ3n) is 5.37. The second-order valence-corrected chi connectivity index (χ2v) is 9.25. The second kappa shape index (κ2) is 11.1. The molecule has 3 aromatic rings. The molecular formula is C27H27Cl2NO4. The van der Waals surface area contributed by atoms with Crippen molar-refractivity contribution in [1.82, 2.24) is 5.06 Å². The van der Waals surface area contributed by atoms with Crippen molar-refractivity contribution in [2.24, 2.45) is 0 Å². The minimum absolute atomic E-state index is 0.134. The average Bonchev–Trinajstić information content (AvgIpc) is 2.83. The number of nitrogens with zero attached hydrogens (tertiary/aromatic N) is 1. The van der Waals surface area contributed by atoms with E-state index in [0.29, 0.717) is 46.7 Å². The van der Waals surface area contributed by atoms with Gasteiger partial charge in [0.15, 0.2) is 0 Å². The summed E-state index contributed by atoms with van der Waals surface area (Å²) in [5.74, 6) is 1.69. The van der Waals surface area contributed by atoms with Crippen LogP contribution in [-0.4, -0.2) is 30.2 Å². The number of hydroxylamine groups is 2. The molecule has 1 aliphatic heterocycles. The fourth-order valence-corrected chi connectivity index (χ4v) is 4.05. The first-order valence-electron chi connectivity index (χ1n) is 11.4. The van der Waals surface area contributed by atoms with Gasteiger partial charge in [0.05, 0.1) is 24.3 Å². The van der Waals surface area contributed by atoms with Crippen LogP contribution in [0.3, 0.4) is 0 Å². The Morgan fingerprint density at radius 1 is 1.06 bits per heavy atom. The molecule has 0 radical (unpaired) electrons. The predicted octanol–water partition coefficient (Wildman–Crippen LogP) is 7.14. The maximum Gasteiger partial charge on any atom is 0.277 e. The zero-order valence-corrected chi connectivity index (χ0v) is 20.7. The van der Waals surface area contributed by atoms with E-state index in [9.17, 15) is 4.79 Å². The molecule has 0 fully saturated rings. The van der Waals surface area contributed by atoms with Crippen LogP contribution in [0.15, 0.2) is 60.7 Å². The lowest BCUT2D eigenvalue weighted by Crippen LogP contribution is -2.35. The van der Waals surface area contributed by atoms with E-state index in [0.717, 1.165) is 29.7 Å². The molecule has 0 saturated carbocycles. The number of hydrogen-bond donors (Lipinski definition) is 0. The van der Waals surface area contributed by atoms with Crippen molar-refractivity contribution >= 4 is 29.1 Å². The van der Waals surface area contributed by atoms with Gasteiger partial charge in [0.1, 0.15) is 17.2 Å². The Morgan fingerprint density at radius 3 is 2.50 bits per heavy atom. The Kier molecular flexibility index (Phi) is 7.99. The van der Waals surface area contributed by atoms with Crippen molar-refractivity contribution in [3.8, 4) is 17.2 Å². The number of aryl methyl sites for hydroxylation is 1. The molecule has 4 rings (SSSR count). The summed E-state index contributed by atoms with van der Waals surface area (Å²) in [6.07, 6.45) is 2.44. The number of rotatable bonds is 8. The average molecular weight is 500 g/mol. The van der Waals surface area contributed by atoms with Crippen LogP contribution in [-0.2, 0) is 17.7 Å². The van der Waals surface area contributed by atoms with Gasteiger partial charge in [-0.2, -0.15) is 0 Å². The van der Waals surface area contributed by atoms with Gasteiger partial charge in [-0.15, -0.1) is 0 Å². The number of ether oxygens (including phenoxy) is 2. The van der Waals surface area contributed by atoms with Gasteiger partial charge in [0.2, 0.25) is 0 Å². The molecule has 34 heavy (non-hydrogen) atoms. The second-order valence-electron chi connectivity index (χ2n) is 8.41. The number of benzene rings is 3. The lowest BCUT2D eigenvalue weighted by Gasteiger charge is -2.24. The Bertz CT molecular complexity index is 1130. The Labute approximate surface area is 210 Å². The summed E-state index contributed by atoms with van der Waals surface area (Å²) < 4.78 is 11.7. The molecule has 0 saturated heterocycles. The minimum atomic E-state index is -0.213. The number of carbonyl (C=O) groups is 1. The maximum absolute atomic E-state index is 13.1. The van der Waals surface area contributed by atoms with Crippen LogP contribution in [0.2, 0.25) is 10.0 Å². The quantitative estimate of drug-likeness (QED) is 0.309. The van der Waals surface area contributed by atoms with E-state index in [1.54, 1.807) is 24.3 Å². The van der Waals surface area contributed by atoms with Crippen LogP contribution in [0.4, 0.5) is 0 Å². The van der Waals surface area contributed by atoms with Gasteiger partial charge in [0, 0.05) is 16.7 Å². The largest absolute Gasteiger partial charge is 0.493 e. The summed E-state index contributed by atoms with van der Waals surface area (Å²) in [5.41, 5.74) is 2.67. The van der Waals surface area contributed by atoms with Crippen LogP contribution in [0, 0.1) is 0 Å². The maximum atomic E-state index is 13.1. The number of hydrogen-bond acceptors (Lipinski definition) is 4. The van der Waals surface area contributed by atoms with E-state index in [4.69, 9.17) is 37.5 Å². The lowest BCUT2D eigenvalue weighted by atomic mass is 10.1. The molecule has 0 N–H and O–H groups in total. The molecule has 0 aromatic heterocycles. The van der Waals surface area contributed by atoms with E-state index in [2.05, 4.69) is 0 Å². The van der Waals surface area contributed by atoms with E-state index >= 15 is 0 Å². The molecule has 5 nitrogen and oxygen atoms in total. The van der Waals surface area contributed by atoms with Gasteiger partial charge in [-0.1, -0.05) is 35.3 Å². The smallest absolute Gasteiger partial charge is 0.277 e. The van der Waals surface area contributed by atoms with Crippen molar-refractivity contribution in [3.05, 3.63) is 87.4 Å². The van der Waals surface area contributed by atoms with Crippen LogP contribution in [0.25, 0.3) is 0 Å². The van der Waals surface area contributed by atoms with Crippen LogP contribution >= 0.6 is 23.2 Å². The number of carbonyl (C=O) groups excluding carboxylic acids is 1. The summed E-state index contributed by atoms with van der Waals surface area (Å²) in [7, 11) is 0. The highest BCUT2D eigenvalue weighted by molar-refractivity contribution is 6.32. The summed E-state index contributed by atoms with van der Waals surface area (Å²) in [4.78, 5) is 18.9. The van der Waals surface area contributed by atoms with Crippen molar-refractivity contribution < 1.29 is 19.1 Å². The van der Waals surface area contributed by atoms with Crippen LogP contribution < -0.4 is 9.47 Å². The zero-order chi connectivity index (χ0) is 24.1. The molecule has 1 heterocycles. The van der Waals surface area contributed by atoms with Gasteiger partial charge in [-0.05, 0) is 86.7 Å². The summed E-state index contributed by atoms with van der Waals surface area (Å²) in [6.45, 7) is 4.90. The van der Waals surface area contributed by atoms with Gasteiger partial charge in [-0.25, -0.2) is 5.06 Å². The summed E-state index contributed by atoms with van der Waals surface area (Å²) >= 11 is 12.4. The third kappa shape index (κ3) is 6.23. The number of fused-ring (bicyclic) bond motifs is 1. The minimum Gasteiger partial charge on any atom is -0.493 e. The molecule has 0 bridgehead atoms. The van der Waals surface area contributed by atoms with Crippen molar-refractivity contribution in [1.29, 1.82) is 0 Å². The zero-order valence-electron chi connectivity index (χ0n) is 19.2. The number of halogens is 2. The molecule has 7 heteroatoms. The monoisotopic (exact) mass is 499 g/mol. The van der Waals surface area contributed by atoms with Crippen molar-refractivity contribution in [3.63, 3.8) is 0 Å². The fraction of sp³-hybridized carbons (Fsp3) is 0.296. The standard InChI is InChI=1S/C27H27Cl2NO4/c1-18(2)34-30(14-13-19-5-9-22(28)10-6-19)27(31)20-7-11-23(12-8-20)33-26-17-25-21(16-24(26)29)4-3-15-32-25/h5-12,16-18H,3-4,13-15H2,1-2H3. The molecule has 1 amide bonds. The first kappa shape index (κ1) is 24.4. The Morgan fingerprint density at radius 2 is 1.79 bits per heavy atom. The highest BCUT2D eigenvalue weighted by Crippen LogP contribution is 2.37. The van der Waals surface area contributed by atoms with Crippen LogP contribution in [0.5, 0.6) is 17.2 Å². The summed E-state index contributed by atoms with van der Waals surface area (Å²) in [5, 5.41) is 2.62. The molecule has 0 unspecified atom stereocenters. The molecule has 0 aliphatic carbocycles. The number of amides is 1. The SMILES string of the molecule is CC(C)ON(CCc1ccc(Cl)cc1)C(=O)c1ccc(Oc2cc3c(cc2Cl)CCCO3)cc1. The van der Waals surface area contributed by atoms with Gasteiger partial charge in [0.25, 0.3) is 5.91 Å². The van der Waals surface area contributed by atoms with E-state index < -0.39 is 0 Å². The van der Waals surface area contributed by atoms with Gasteiger partial charge < -0.3 is 9.47 Å². The molecule has 3 aromatic carbocycles. The highest BCUT2D eigenvalue weighted by atomic mass is 35.5. The topological polar surface area (TPSA) is 48.0 Å². The molecule has 1 aliphatic rings. The van der Waals surface area contributed by atoms with Crippen molar-refractivity contribution in [2.75, 3.05) is 13.2 Å². The fourth-order valence-electron chi connectivity index (χ4n) is 3.70.